The second kappa shape index (κ2) is 4.92. The fourth-order valence-corrected chi connectivity index (χ4v) is 0.934. The molecule has 0 bridgehead atoms. The Morgan fingerprint density at radius 1 is 1.14 bits per heavy atom. The van der Waals surface area contributed by atoms with Gasteiger partial charge in [0.2, 0.25) is 0 Å². The molecule has 1 aromatic rings. The van der Waals surface area contributed by atoms with Crippen LogP contribution in [0.15, 0.2) is 12.1 Å². The SMILES string of the molecule is Fc1cc(C#CCCCl)cc(F)c1F. The fraction of sp³-hybridized carbons (Fsp3) is 0.200. The molecule has 0 saturated carbocycles. The van der Waals surface area contributed by atoms with Crippen molar-refractivity contribution in [2.75, 3.05) is 5.88 Å². The summed E-state index contributed by atoms with van der Waals surface area (Å²) < 4.78 is 37.8. The Balaban J connectivity index is 2.97. The zero-order valence-corrected chi connectivity index (χ0v) is 7.84. The second-order valence-electron chi connectivity index (χ2n) is 2.49. The van der Waals surface area contributed by atoms with E-state index in [0.29, 0.717) is 12.3 Å². The van der Waals surface area contributed by atoms with Gasteiger partial charge in [0, 0.05) is 17.9 Å². The van der Waals surface area contributed by atoms with Crippen molar-refractivity contribution in [3.8, 4) is 11.8 Å². The summed E-state index contributed by atoms with van der Waals surface area (Å²) in [5.41, 5.74) is 0.103. The molecule has 0 aliphatic heterocycles. The Bertz CT molecular complexity index is 367. The van der Waals surface area contributed by atoms with E-state index < -0.39 is 17.5 Å². The summed E-state index contributed by atoms with van der Waals surface area (Å²) in [6.45, 7) is 0. The van der Waals surface area contributed by atoms with E-state index in [2.05, 4.69) is 11.8 Å². The van der Waals surface area contributed by atoms with E-state index in [0.717, 1.165) is 12.1 Å². The third-order valence-corrected chi connectivity index (χ3v) is 1.63. The van der Waals surface area contributed by atoms with E-state index in [4.69, 9.17) is 11.6 Å². The Morgan fingerprint density at radius 3 is 2.21 bits per heavy atom. The van der Waals surface area contributed by atoms with Gasteiger partial charge in [-0.1, -0.05) is 11.8 Å². The number of hydrogen-bond acceptors (Lipinski definition) is 0. The molecule has 4 heteroatoms. The molecule has 74 valence electrons. The summed E-state index contributed by atoms with van der Waals surface area (Å²) in [5, 5.41) is 0. The number of hydrogen-bond donors (Lipinski definition) is 0. The Kier molecular flexibility index (Phi) is 3.84. The van der Waals surface area contributed by atoms with Crippen LogP contribution in [-0.4, -0.2) is 5.88 Å². The average molecular weight is 219 g/mol. The smallest absolute Gasteiger partial charge is 0.194 e. The van der Waals surface area contributed by atoms with Crippen LogP contribution in [-0.2, 0) is 0 Å². The van der Waals surface area contributed by atoms with Crippen molar-refractivity contribution in [2.24, 2.45) is 0 Å². The van der Waals surface area contributed by atoms with Crippen LogP contribution in [0, 0.1) is 29.3 Å². The molecule has 0 nitrogen and oxygen atoms in total. The first-order valence-electron chi connectivity index (χ1n) is 3.84. The minimum atomic E-state index is -1.48. The lowest BCUT2D eigenvalue weighted by molar-refractivity contribution is 0.446. The molecular weight excluding hydrogens is 213 g/mol. The Morgan fingerprint density at radius 2 is 1.71 bits per heavy atom. The zero-order chi connectivity index (χ0) is 10.6. The van der Waals surface area contributed by atoms with Gasteiger partial charge in [0.1, 0.15) is 0 Å². The highest BCUT2D eigenvalue weighted by atomic mass is 35.5. The lowest BCUT2D eigenvalue weighted by Crippen LogP contribution is -1.91. The van der Waals surface area contributed by atoms with Gasteiger partial charge in [-0.25, -0.2) is 13.2 Å². The van der Waals surface area contributed by atoms with Gasteiger partial charge in [0.25, 0.3) is 0 Å². The normalized spacial score (nSPS) is 9.43. The van der Waals surface area contributed by atoms with Crippen LogP contribution in [0.3, 0.4) is 0 Å². The third-order valence-electron chi connectivity index (χ3n) is 1.44. The molecule has 0 aliphatic carbocycles. The highest BCUT2D eigenvalue weighted by Gasteiger charge is 2.08. The van der Waals surface area contributed by atoms with Crippen LogP contribution >= 0.6 is 11.6 Å². The van der Waals surface area contributed by atoms with Crippen molar-refractivity contribution in [1.29, 1.82) is 0 Å². The van der Waals surface area contributed by atoms with Crippen molar-refractivity contribution >= 4 is 11.6 Å². The lowest BCUT2D eigenvalue weighted by Gasteiger charge is -1.95. The van der Waals surface area contributed by atoms with Crippen LogP contribution < -0.4 is 0 Å². The first-order chi connectivity index (χ1) is 6.65. The first kappa shape index (κ1) is 10.9. The predicted molar refractivity (Wildman–Crippen MR) is 48.5 cm³/mol. The van der Waals surface area contributed by atoms with Gasteiger partial charge in [-0.15, -0.1) is 11.6 Å². The number of benzene rings is 1. The molecule has 0 aliphatic rings. The van der Waals surface area contributed by atoms with E-state index in [1.807, 2.05) is 0 Å². The third kappa shape index (κ3) is 2.68. The molecule has 0 N–H and O–H groups in total. The molecule has 1 rings (SSSR count). The van der Waals surface area contributed by atoms with Gasteiger partial charge >= 0.3 is 0 Å². The summed E-state index contributed by atoms with van der Waals surface area (Å²) in [6.07, 6.45) is 0.419. The second-order valence-corrected chi connectivity index (χ2v) is 2.87. The van der Waals surface area contributed by atoms with Gasteiger partial charge in [-0.3, -0.25) is 0 Å². The van der Waals surface area contributed by atoms with Crippen molar-refractivity contribution in [1.82, 2.24) is 0 Å². The molecule has 0 spiro atoms. The van der Waals surface area contributed by atoms with Crippen LogP contribution in [0.4, 0.5) is 13.2 Å². The zero-order valence-electron chi connectivity index (χ0n) is 7.08. The largest absolute Gasteiger partial charge is 0.204 e. The summed E-state index contributed by atoms with van der Waals surface area (Å²) in [5.74, 6) is 1.46. The summed E-state index contributed by atoms with van der Waals surface area (Å²) in [4.78, 5) is 0. The van der Waals surface area contributed by atoms with Gasteiger partial charge in [0.05, 0.1) is 0 Å². The molecule has 0 saturated heterocycles. The van der Waals surface area contributed by atoms with Crippen molar-refractivity contribution < 1.29 is 13.2 Å². The van der Waals surface area contributed by atoms with Crippen LogP contribution in [0.2, 0.25) is 0 Å². The van der Waals surface area contributed by atoms with Gasteiger partial charge < -0.3 is 0 Å². The monoisotopic (exact) mass is 218 g/mol. The number of rotatable bonds is 1. The summed E-state index contributed by atoms with van der Waals surface area (Å²) in [6, 6.07) is 1.69. The molecule has 0 atom stereocenters. The van der Waals surface area contributed by atoms with Crippen LogP contribution in [0.5, 0.6) is 0 Å². The predicted octanol–water partition coefficient (Wildman–Crippen LogP) is 3.08. The highest BCUT2D eigenvalue weighted by Crippen LogP contribution is 2.12. The Hall–Kier alpha value is -1.14. The van der Waals surface area contributed by atoms with Crippen molar-refractivity contribution in [3.05, 3.63) is 35.1 Å². The molecule has 0 fully saturated rings. The number of alkyl halides is 1. The minimum absolute atomic E-state index is 0.103. The molecule has 0 amide bonds. The molecule has 0 heterocycles. The first-order valence-corrected chi connectivity index (χ1v) is 4.38. The standard InChI is InChI=1S/C10H6ClF3/c11-4-2-1-3-7-5-8(12)10(14)9(13)6-7/h5-6H,2,4H2. The van der Waals surface area contributed by atoms with E-state index in [9.17, 15) is 13.2 Å². The maximum absolute atomic E-state index is 12.6. The van der Waals surface area contributed by atoms with Crippen molar-refractivity contribution in [3.63, 3.8) is 0 Å². The van der Waals surface area contributed by atoms with Gasteiger partial charge in [-0.05, 0) is 12.1 Å². The van der Waals surface area contributed by atoms with Crippen LogP contribution in [0.25, 0.3) is 0 Å². The van der Waals surface area contributed by atoms with E-state index in [1.165, 1.54) is 0 Å². The lowest BCUT2D eigenvalue weighted by atomic mass is 10.2. The van der Waals surface area contributed by atoms with E-state index >= 15 is 0 Å². The van der Waals surface area contributed by atoms with Crippen molar-refractivity contribution in [2.45, 2.75) is 6.42 Å². The quantitative estimate of drug-likeness (QED) is 0.386. The highest BCUT2D eigenvalue weighted by molar-refractivity contribution is 6.18. The summed E-state index contributed by atoms with van der Waals surface area (Å²) >= 11 is 5.34. The number of halogens is 4. The average Bonchev–Trinajstić information content (AvgIpc) is 2.14. The molecule has 0 radical (unpaired) electrons. The fourth-order valence-electron chi connectivity index (χ4n) is 0.839. The van der Waals surface area contributed by atoms with Gasteiger partial charge in [-0.2, -0.15) is 0 Å². The topological polar surface area (TPSA) is 0 Å². The maximum atomic E-state index is 12.6. The summed E-state index contributed by atoms with van der Waals surface area (Å²) in [7, 11) is 0. The molecule has 0 unspecified atom stereocenters. The minimum Gasteiger partial charge on any atom is -0.204 e. The molecule has 1 aromatic carbocycles. The van der Waals surface area contributed by atoms with E-state index in [-0.39, 0.29) is 5.56 Å². The van der Waals surface area contributed by atoms with Gasteiger partial charge in [0.15, 0.2) is 17.5 Å². The molecule has 0 aromatic heterocycles. The van der Waals surface area contributed by atoms with Crippen LogP contribution in [0.1, 0.15) is 12.0 Å². The maximum Gasteiger partial charge on any atom is 0.194 e. The molecule has 14 heavy (non-hydrogen) atoms. The van der Waals surface area contributed by atoms with E-state index in [1.54, 1.807) is 0 Å². The Labute approximate surface area is 84.7 Å². The molecular formula is C10H6ClF3.